The Morgan fingerprint density at radius 3 is 2.16 bits per heavy atom. The zero-order chi connectivity index (χ0) is 16.7. The number of para-hydroxylation sites is 1. The number of benzene rings is 1. The van der Waals surface area contributed by atoms with E-state index >= 15 is 0 Å². The summed E-state index contributed by atoms with van der Waals surface area (Å²) >= 11 is 0. The Bertz CT molecular complexity index is 732. The van der Waals surface area contributed by atoms with Crippen molar-refractivity contribution in [2.24, 2.45) is 5.41 Å². The highest BCUT2D eigenvalue weighted by atomic mass is 16.5. The molecule has 0 radical (unpaired) electrons. The molecule has 3 fully saturated rings. The monoisotopic (exact) mass is 337 g/mol. The standard InChI is InChI=1S/C19H23N5O/c1-2-4-16(5-3-1)23-11-19(12-23)13-24(14-19)18-10-17(20-15-21-18)22-6-8-25-9-7-22/h1-5,10,15H,6-9,11-14H2. The number of aromatic nitrogens is 2. The number of nitrogens with zero attached hydrogens (tertiary/aromatic N) is 5. The molecule has 1 spiro atoms. The molecule has 130 valence electrons. The quantitative estimate of drug-likeness (QED) is 0.848. The normalized spacial score (nSPS) is 21.8. The van der Waals surface area contributed by atoms with Crippen molar-refractivity contribution < 1.29 is 4.74 Å². The summed E-state index contributed by atoms with van der Waals surface area (Å²) < 4.78 is 5.43. The zero-order valence-electron chi connectivity index (χ0n) is 14.3. The molecule has 0 atom stereocenters. The lowest BCUT2D eigenvalue weighted by Gasteiger charge is -2.61. The third-order valence-corrected chi connectivity index (χ3v) is 5.52. The maximum Gasteiger partial charge on any atom is 0.134 e. The molecule has 5 rings (SSSR count). The maximum atomic E-state index is 5.43. The van der Waals surface area contributed by atoms with Crippen molar-refractivity contribution in [1.29, 1.82) is 0 Å². The van der Waals surface area contributed by atoms with Crippen molar-refractivity contribution in [3.63, 3.8) is 0 Å². The highest BCUT2D eigenvalue weighted by Gasteiger charge is 2.52. The molecule has 2 aromatic rings. The molecule has 4 heterocycles. The van der Waals surface area contributed by atoms with E-state index in [0.29, 0.717) is 5.41 Å². The van der Waals surface area contributed by atoms with Crippen LogP contribution in [0.25, 0.3) is 0 Å². The first-order valence-corrected chi connectivity index (χ1v) is 9.01. The minimum Gasteiger partial charge on any atom is -0.378 e. The second kappa shape index (κ2) is 5.88. The van der Waals surface area contributed by atoms with Crippen molar-refractivity contribution >= 4 is 17.3 Å². The van der Waals surface area contributed by atoms with E-state index in [4.69, 9.17) is 4.74 Å². The van der Waals surface area contributed by atoms with Gasteiger partial charge >= 0.3 is 0 Å². The van der Waals surface area contributed by atoms with Crippen LogP contribution in [0.3, 0.4) is 0 Å². The van der Waals surface area contributed by atoms with Crippen LogP contribution in [-0.4, -0.2) is 62.5 Å². The number of hydrogen-bond donors (Lipinski definition) is 0. The van der Waals surface area contributed by atoms with E-state index < -0.39 is 0 Å². The van der Waals surface area contributed by atoms with E-state index in [1.165, 1.54) is 5.69 Å². The number of anilines is 3. The third-order valence-electron chi connectivity index (χ3n) is 5.52. The van der Waals surface area contributed by atoms with E-state index in [1.807, 2.05) is 0 Å². The van der Waals surface area contributed by atoms with Crippen LogP contribution in [0.5, 0.6) is 0 Å². The van der Waals surface area contributed by atoms with Gasteiger partial charge in [0.05, 0.1) is 13.2 Å². The highest BCUT2D eigenvalue weighted by molar-refractivity contribution is 5.56. The topological polar surface area (TPSA) is 44.7 Å². The Labute approximate surface area is 148 Å². The SMILES string of the molecule is c1ccc(N2CC3(C2)CN(c2cc(N4CCOCC4)ncn2)C3)cc1. The first-order chi connectivity index (χ1) is 12.3. The van der Waals surface area contributed by atoms with Crippen molar-refractivity contribution in [1.82, 2.24) is 9.97 Å². The Hall–Kier alpha value is -2.34. The average molecular weight is 337 g/mol. The second-order valence-electron chi connectivity index (χ2n) is 7.38. The summed E-state index contributed by atoms with van der Waals surface area (Å²) in [5.74, 6) is 2.08. The number of rotatable bonds is 3. The minimum atomic E-state index is 0.444. The maximum absolute atomic E-state index is 5.43. The first kappa shape index (κ1) is 15.0. The summed E-state index contributed by atoms with van der Waals surface area (Å²) in [6, 6.07) is 12.8. The van der Waals surface area contributed by atoms with Gasteiger partial charge in [0.25, 0.3) is 0 Å². The number of morpholine rings is 1. The van der Waals surface area contributed by atoms with Crippen LogP contribution in [0.15, 0.2) is 42.7 Å². The molecule has 3 aliphatic rings. The van der Waals surface area contributed by atoms with Gasteiger partial charge in [-0.15, -0.1) is 0 Å². The second-order valence-corrected chi connectivity index (χ2v) is 7.38. The lowest BCUT2D eigenvalue weighted by molar-refractivity contribution is 0.122. The average Bonchev–Trinajstić information content (AvgIpc) is 2.61. The Kier molecular flexibility index (Phi) is 3.52. The molecule has 3 aliphatic heterocycles. The van der Waals surface area contributed by atoms with Crippen LogP contribution in [0.4, 0.5) is 17.3 Å². The highest BCUT2D eigenvalue weighted by Crippen LogP contribution is 2.43. The lowest BCUT2D eigenvalue weighted by Crippen LogP contribution is -2.72. The molecule has 0 N–H and O–H groups in total. The fourth-order valence-corrected chi connectivity index (χ4v) is 4.19. The fourth-order valence-electron chi connectivity index (χ4n) is 4.19. The molecule has 0 saturated carbocycles. The first-order valence-electron chi connectivity index (χ1n) is 9.01. The summed E-state index contributed by atoms with van der Waals surface area (Å²) in [5, 5.41) is 0. The van der Waals surface area contributed by atoms with E-state index in [9.17, 15) is 0 Å². The van der Waals surface area contributed by atoms with Crippen LogP contribution in [-0.2, 0) is 4.74 Å². The van der Waals surface area contributed by atoms with Gasteiger partial charge in [-0.25, -0.2) is 9.97 Å². The largest absolute Gasteiger partial charge is 0.378 e. The van der Waals surface area contributed by atoms with Crippen LogP contribution in [0, 0.1) is 5.41 Å². The molecule has 0 amide bonds. The van der Waals surface area contributed by atoms with Crippen LogP contribution < -0.4 is 14.7 Å². The molecular formula is C19H23N5O. The summed E-state index contributed by atoms with van der Waals surface area (Å²) in [7, 11) is 0. The van der Waals surface area contributed by atoms with Gasteiger partial charge in [-0.2, -0.15) is 0 Å². The Balaban J connectivity index is 1.21. The molecule has 1 aromatic heterocycles. The molecule has 0 bridgehead atoms. The summed E-state index contributed by atoms with van der Waals surface area (Å²) in [5.41, 5.74) is 1.78. The van der Waals surface area contributed by atoms with Gasteiger partial charge in [0.15, 0.2) is 0 Å². The van der Waals surface area contributed by atoms with Gasteiger partial charge in [-0.3, -0.25) is 0 Å². The van der Waals surface area contributed by atoms with Gasteiger partial charge in [0.2, 0.25) is 0 Å². The van der Waals surface area contributed by atoms with E-state index in [0.717, 1.165) is 64.1 Å². The van der Waals surface area contributed by atoms with E-state index in [1.54, 1.807) is 6.33 Å². The Morgan fingerprint density at radius 2 is 1.44 bits per heavy atom. The zero-order valence-corrected chi connectivity index (χ0v) is 14.3. The summed E-state index contributed by atoms with van der Waals surface area (Å²) in [4.78, 5) is 16.1. The molecule has 1 aromatic carbocycles. The molecule has 0 unspecified atom stereocenters. The molecule has 0 aliphatic carbocycles. The van der Waals surface area contributed by atoms with Crippen LogP contribution in [0.1, 0.15) is 0 Å². The fraction of sp³-hybridized carbons (Fsp3) is 0.474. The van der Waals surface area contributed by atoms with Crippen LogP contribution in [0.2, 0.25) is 0 Å². The van der Waals surface area contributed by atoms with Gasteiger partial charge in [-0.1, -0.05) is 18.2 Å². The summed E-state index contributed by atoms with van der Waals surface area (Å²) in [6.07, 6.45) is 1.70. The summed E-state index contributed by atoms with van der Waals surface area (Å²) in [6.45, 7) is 7.86. The van der Waals surface area contributed by atoms with Crippen molar-refractivity contribution in [3.05, 3.63) is 42.7 Å². The predicted octanol–water partition coefficient (Wildman–Crippen LogP) is 1.64. The predicted molar refractivity (Wildman–Crippen MR) is 98.4 cm³/mol. The number of ether oxygens (including phenoxy) is 1. The van der Waals surface area contributed by atoms with Gasteiger partial charge in [0.1, 0.15) is 18.0 Å². The van der Waals surface area contributed by atoms with Gasteiger partial charge in [0, 0.05) is 56.4 Å². The third kappa shape index (κ3) is 2.70. The van der Waals surface area contributed by atoms with Crippen molar-refractivity contribution in [2.45, 2.75) is 0 Å². The van der Waals surface area contributed by atoms with Gasteiger partial charge in [-0.05, 0) is 12.1 Å². The molecule has 6 heteroatoms. The molecule has 3 saturated heterocycles. The number of hydrogen-bond acceptors (Lipinski definition) is 6. The van der Waals surface area contributed by atoms with Gasteiger partial charge < -0.3 is 19.4 Å². The van der Waals surface area contributed by atoms with Crippen molar-refractivity contribution in [3.8, 4) is 0 Å². The lowest BCUT2D eigenvalue weighted by atomic mass is 9.72. The van der Waals surface area contributed by atoms with E-state index in [2.05, 4.69) is 61.1 Å². The smallest absolute Gasteiger partial charge is 0.134 e. The minimum absolute atomic E-state index is 0.444. The molecule has 25 heavy (non-hydrogen) atoms. The Morgan fingerprint density at radius 1 is 0.800 bits per heavy atom. The van der Waals surface area contributed by atoms with Crippen molar-refractivity contribution in [2.75, 3.05) is 67.2 Å². The van der Waals surface area contributed by atoms with E-state index in [-0.39, 0.29) is 0 Å². The molecular weight excluding hydrogens is 314 g/mol. The van der Waals surface area contributed by atoms with Crippen LogP contribution >= 0.6 is 0 Å². The molecule has 6 nitrogen and oxygen atoms in total.